The lowest BCUT2D eigenvalue weighted by atomic mass is 10.3. The molecule has 0 spiro atoms. The summed E-state index contributed by atoms with van der Waals surface area (Å²) in [6.07, 6.45) is 0.284. The summed E-state index contributed by atoms with van der Waals surface area (Å²) in [5, 5.41) is 5.27. The number of halogens is 1. The van der Waals surface area contributed by atoms with Gasteiger partial charge in [-0.1, -0.05) is 18.2 Å². The van der Waals surface area contributed by atoms with Gasteiger partial charge in [0, 0.05) is 25.4 Å². The van der Waals surface area contributed by atoms with Gasteiger partial charge in [-0.3, -0.25) is 9.59 Å². The second kappa shape index (κ2) is 9.22. The van der Waals surface area contributed by atoms with Crippen molar-refractivity contribution in [1.82, 2.24) is 10.6 Å². The average molecular weight is 285 g/mol. The summed E-state index contributed by atoms with van der Waals surface area (Å²) in [5.74, 6) is 0.594. The molecule has 0 saturated heterocycles. The number of ether oxygens (including phenoxy) is 1. The molecule has 0 bridgehead atoms. The molecule has 0 aliphatic heterocycles. The molecule has 19 heavy (non-hydrogen) atoms. The van der Waals surface area contributed by atoms with E-state index in [1.54, 1.807) is 12.1 Å². The van der Waals surface area contributed by atoms with Crippen LogP contribution in [0.3, 0.4) is 0 Å². The summed E-state index contributed by atoms with van der Waals surface area (Å²) in [5.41, 5.74) is 0. The van der Waals surface area contributed by atoms with Crippen LogP contribution in [-0.2, 0) is 9.59 Å². The minimum absolute atomic E-state index is 0.0420. The van der Waals surface area contributed by atoms with Crippen molar-refractivity contribution in [2.24, 2.45) is 0 Å². The number of nitrogens with one attached hydrogen (secondary N) is 2. The molecule has 5 nitrogen and oxygen atoms in total. The summed E-state index contributed by atoms with van der Waals surface area (Å²) in [6, 6.07) is 9.09. The zero-order valence-corrected chi connectivity index (χ0v) is 11.3. The first-order valence-electron chi connectivity index (χ1n) is 5.99. The topological polar surface area (TPSA) is 67.4 Å². The van der Waals surface area contributed by atoms with E-state index < -0.39 is 0 Å². The Bertz CT molecular complexity index is 398. The Morgan fingerprint density at radius 3 is 2.32 bits per heavy atom. The number of hydrogen-bond acceptors (Lipinski definition) is 3. The van der Waals surface area contributed by atoms with Gasteiger partial charge in [-0.2, -0.15) is 0 Å². The molecule has 0 aliphatic carbocycles. The van der Waals surface area contributed by atoms with Gasteiger partial charge in [-0.25, -0.2) is 0 Å². The summed E-state index contributed by atoms with van der Waals surface area (Å²) in [7, 11) is 0. The van der Waals surface area contributed by atoms with Crippen LogP contribution >= 0.6 is 11.6 Å². The predicted octanol–water partition coefficient (Wildman–Crippen LogP) is 0.927. The molecule has 1 aromatic rings. The maximum Gasteiger partial charge on any atom is 0.258 e. The minimum Gasteiger partial charge on any atom is -0.484 e. The Morgan fingerprint density at radius 1 is 1.05 bits per heavy atom. The van der Waals surface area contributed by atoms with E-state index in [2.05, 4.69) is 10.6 Å². The van der Waals surface area contributed by atoms with Gasteiger partial charge < -0.3 is 15.4 Å². The van der Waals surface area contributed by atoms with Crippen LogP contribution in [0.15, 0.2) is 30.3 Å². The van der Waals surface area contributed by atoms with Crippen LogP contribution < -0.4 is 15.4 Å². The van der Waals surface area contributed by atoms with Gasteiger partial charge in [0.2, 0.25) is 5.91 Å². The minimum atomic E-state index is -0.226. The highest BCUT2D eigenvalue weighted by molar-refractivity contribution is 6.18. The molecule has 0 aliphatic rings. The molecule has 0 heterocycles. The third-order valence-corrected chi connectivity index (χ3v) is 2.39. The first-order chi connectivity index (χ1) is 9.22. The van der Waals surface area contributed by atoms with Crippen LogP contribution in [0.4, 0.5) is 0 Å². The van der Waals surface area contributed by atoms with Crippen molar-refractivity contribution in [2.45, 2.75) is 6.42 Å². The van der Waals surface area contributed by atoms with Crippen molar-refractivity contribution in [3.8, 4) is 5.75 Å². The summed E-state index contributed by atoms with van der Waals surface area (Å²) in [4.78, 5) is 22.5. The van der Waals surface area contributed by atoms with Crippen LogP contribution in [0.2, 0.25) is 0 Å². The second-order valence-corrected chi connectivity index (χ2v) is 4.12. The molecule has 0 unspecified atom stereocenters. The molecule has 0 saturated carbocycles. The van der Waals surface area contributed by atoms with Crippen molar-refractivity contribution >= 4 is 23.4 Å². The second-order valence-electron chi connectivity index (χ2n) is 3.74. The fourth-order valence-electron chi connectivity index (χ4n) is 1.29. The lowest BCUT2D eigenvalue weighted by molar-refractivity contribution is -0.124. The molecule has 104 valence electrons. The normalized spacial score (nSPS) is 9.74. The highest BCUT2D eigenvalue weighted by Crippen LogP contribution is 2.07. The summed E-state index contributed by atoms with van der Waals surface area (Å²) in [6.45, 7) is 0.706. The number of alkyl halides is 1. The Morgan fingerprint density at radius 2 is 1.68 bits per heavy atom. The molecule has 2 amide bonds. The fourth-order valence-corrected chi connectivity index (χ4v) is 1.47. The van der Waals surface area contributed by atoms with Gasteiger partial charge in [0.1, 0.15) is 5.75 Å². The Labute approximate surface area is 117 Å². The molecule has 1 aromatic carbocycles. The highest BCUT2D eigenvalue weighted by atomic mass is 35.5. The molecule has 0 atom stereocenters. The van der Waals surface area contributed by atoms with Crippen LogP contribution in [0.1, 0.15) is 6.42 Å². The predicted molar refractivity (Wildman–Crippen MR) is 73.3 cm³/mol. The number of para-hydroxylation sites is 1. The van der Waals surface area contributed by atoms with Crippen molar-refractivity contribution in [2.75, 3.05) is 25.6 Å². The van der Waals surface area contributed by atoms with E-state index in [1.807, 2.05) is 18.2 Å². The van der Waals surface area contributed by atoms with Crippen LogP contribution in [-0.4, -0.2) is 37.4 Å². The van der Waals surface area contributed by atoms with E-state index in [0.29, 0.717) is 24.7 Å². The standard InChI is InChI=1S/C13H17ClN2O3/c14-7-6-12(17)15-8-9-16-13(18)10-19-11-4-2-1-3-5-11/h1-5H,6-10H2,(H,15,17)(H,16,18). The molecule has 0 aromatic heterocycles. The van der Waals surface area contributed by atoms with Gasteiger partial charge in [-0.15, -0.1) is 11.6 Å². The molecule has 6 heteroatoms. The molecule has 2 N–H and O–H groups in total. The van der Waals surface area contributed by atoms with Gasteiger partial charge in [-0.05, 0) is 12.1 Å². The van der Waals surface area contributed by atoms with E-state index in [0.717, 1.165) is 0 Å². The first kappa shape index (κ1) is 15.3. The average Bonchev–Trinajstić information content (AvgIpc) is 2.43. The van der Waals surface area contributed by atoms with E-state index in [1.165, 1.54) is 0 Å². The number of amides is 2. The van der Waals surface area contributed by atoms with E-state index >= 15 is 0 Å². The van der Waals surface area contributed by atoms with Gasteiger partial charge in [0.15, 0.2) is 6.61 Å². The van der Waals surface area contributed by atoms with Crippen LogP contribution in [0.25, 0.3) is 0 Å². The molecule has 0 fully saturated rings. The molecular weight excluding hydrogens is 268 g/mol. The van der Waals surface area contributed by atoms with E-state index in [4.69, 9.17) is 16.3 Å². The Hall–Kier alpha value is -1.75. The van der Waals surface area contributed by atoms with Crippen LogP contribution in [0.5, 0.6) is 5.75 Å². The van der Waals surface area contributed by atoms with Crippen molar-refractivity contribution in [3.05, 3.63) is 30.3 Å². The highest BCUT2D eigenvalue weighted by Gasteiger charge is 2.02. The Kier molecular flexibility index (Phi) is 7.43. The zero-order chi connectivity index (χ0) is 13.9. The molecular formula is C13H17ClN2O3. The maximum atomic E-state index is 11.4. The largest absolute Gasteiger partial charge is 0.484 e. The van der Waals surface area contributed by atoms with Gasteiger partial charge >= 0.3 is 0 Å². The molecule has 0 radical (unpaired) electrons. The lowest BCUT2D eigenvalue weighted by Gasteiger charge is -2.08. The number of hydrogen-bond donors (Lipinski definition) is 2. The quantitative estimate of drug-likeness (QED) is 0.551. The van der Waals surface area contributed by atoms with Crippen molar-refractivity contribution in [3.63, 3.8) is 0 Å². The summed E-state index contributed by atoms with van der Waals surface area (Å²) < 4.78 is 5.27. The zero-order valence-electron chi connectivity index (χ0n) is 10.5. The van der Waals surface area contributed by atoms with E-state index in [9.17, 15) is 9.59 Å². The third kappa shape index (κ3) is 7.31. The SMILES string of the molecule is O=C(CCCl)NCCNC(=O)COc1ccccc1. The van der Waals surface area contributed by atoms with Crippen molar-refractivity contribution < 1.29 is 14.3 Å². The number of carbonyl (C=O) groups excluding carboxylic acids is 2. The smallest absolute Gasteiger partial charge is 0.258 e. The maximum absolute atomic E-state index is 11.4. The monoisotopic (exact) mass is 284 g/mol. The van der Waals surface area contributed by atoms with Crippen molar-refractivity contribution in [1.29, 1.82) is 0 Å². The lowest BCUT2D eigenvalue weighted by Crippen LogP contribution is -2.36. The van der Waals surface area contributed by atoms with Gasteiger partial charge in [0.25, 0.3) is 5.91 Å². The van der Waals surface area contributed by atoms with Crippen LogP contribution in [0, 0.1) is 0 Å². The number of carbonyl (C=O) groups is 2. The number of benzene rings is 1. The Balaban J connectivity index is 2.07. The number of rotatable bonds is 8. The van der Waals surface area contributed by atoms with Gasteiger partial charge in [0.05, 0.1) is 0 Å². The first-order valence-corrected chi connectivity index (χ1v) is 6.53. The van der Waals surface area contributed by atoms with E-state index in [-0.39, 0.29) is 24.8 Å². The molecule has 1 rings (SSSR count). The third-order valence-electron chi connectivity index (χ3n) is 2.20. The summed E-state index contributed by atoms with van der Waals surface area (Å²) >= 11 is 5.41. The fraction of sp³-hybridized carbons (Fsp3) is 0.385.